The van der Waals surface area contributed by atoms with Gasteiger partial charge in [0.1, 0.15) is 0 Å². The molecule has 1 aromatic heterocycles. The summed E-state index contributed by atoms with van der Waals surface area (Å²) in [4.78, 5) is 48.2. The molecule has 152 valence electrons. The van der Waals surface area contributed by atoms with E-state index in [1.807, 2.05) is 0 Å². The van der Waals surface area contributed by atoms with E-state index in [4.69, 9.17) is 9.15 Å². The van der Waals surface area contributed by atoms with Crippen molar-refractivity contribution in [2.45, 2.75) is 6.92 Å². The summed E-state index contributed by atoms with van der Waals surface area (Å²) in [6.45, 7) is 1.13. The lowest BCUT2D eigenvalue weighted by atomic mass is 10.1. The molecule has 2 aromatic carbocycles. The number of rotatable bonds is 6. The van der Waals surface area contributed by atoms with Gasteiger partial charge < -0.3 is 14.5 Å². The third kappa shape index (κ3) is 5.20. The highest BCUT2D eigenvalue weighted by Gasteiger charge is 2.16. The Balaban J connectivity index is 1.58. The molecule has 0 fully saturated rings. The zero-order valence-electron chi connectivity index (χ0n) is 16.0. The van der Waals surface area contributed by atoms with Crippen molar-refractivity contribution in [1.82, 2.24) is 5.32 Å². The molecule has 3 aromatic rings. The molecule has 2 N–H and O–H groups in total. The number of anilines is 1. The molecule has 0 aliphatic heterocycles. The van der Waals surface area contributed by atoms with Crippen molar-refractivity contribution in [2.75, 3.05) is 11.9 Å². The summed E-state index contributed by atoms with van der Waals surface area (Å²) in [6.07, 6.45) is 1.38. The van der Waals surface area contributed by atoms with E-state index in [1.165, 1.54) is 24.5 Å². The minimum atomic E-state index is -0.772. The third-order valence-corrected chi connectivity index (χ3v) is 4.09. The van der Waals surface area contributed by atoms with Crippen molar-refractivity contribution >= 4 is 29.4 Å². The Bertz CT molecular complexity index is 1070. The molecule has 0 bridgehead atoms. The first-order valence-electron chi connectivity index (χ1n) is 8.96. The fourth-order valence-corrected chi connectivity index (χ4v) is 2.51. The van der Waals surface area contributed by atoms with Crippen LogP contribution in [0.15, 0.2) is 71.3 Å². The lowest BCUT2D eigenvalue weighted by Crippen LogP contribution is -2.34. The second-order valence-electron chi connectivity index (χ2n) is 6.28. The van der Waals surface area contributed by atoms with Crippen LogP contribution in [-0.4, -0.2) is 30.3 Å². The molecule has 0 saturated heterocycles. The van der Waals surface area contributed by atoms with Crippen LogP contribution in [0.25, 0.3) is 0 Å². The number of amides is 3. The molecule has 0 atom stereocenters. The standard InChI is InChI=1S/C22H18N2O6/c1-14-9-10-16(12-17(14)23-21(27)18-8-5-11-29-18)22(28)30-13-19(25)24-20(26)15-6-3-2-4-7-15/h2-12H,13H2,1H3,(H,23,27)(H,24,25,26). The van der Waals surface area contributed by atoms with Crippen molar-refractivity contribution in [3.8, 4) is 0 Å². The molecule has 0 radical (unpaired) electrons. The smallest absolute Gasteiger partial charge is 0.338 e. The quantitative estimate of drug-likeness (QED) is 0.608. The number of carbonyl (C=O) groups is 4. The van der Waals surface area contributed by atoms with Crippen LogP contribution in [0.3, 0.4) is 0 Å². The van der Waals surface area contributed by atoms with Crippen LogP contribution in [0.2, 0.25) is 0 Å². The molecule has 0 aliphatic carbocycles. The first-order chi connectivity index (χ1) is 14.4. The highest BCUT2D eigenvalue weighted by atomic mass is 16.5. The number of hydrogen-bond acceptors (Lipinski definition) is 6. The van der Waals surface area contributed by atoms with Crippen molar-refractivity contribution < 1.29 is 28.3 Å². The highest BCUT2D eigenvalue weighted by molar-refractivity contribution is 6.06. The molecule has 3 rings (SSSR count). The molecule has 30 heavy (non-hydrogen) atoms. The number of hydrogen-bond donors (Lipinski definition) is 2. The van der Waals surface area contributed by atoms with Crippen molar-refractivity contribution in [2.24, 2.45) is 0 Å². The summed E-state index contributed by atoms with van der Waals surface area (Å²) in [5, 5.41) is 4.80. The average molecular weight is 406 g/mol. The zero-order valence-corrected chi connectivity index (χ0v) is 16.0. The highest BCUT2D eigenvalue weighted by Crippen LogP contribution is 2.19. The molecule has 0 saturated carbocycles. The summed E-state index contributed by atoms with van der Waals surface area (Å²) in [6, 6.07) is 15.9. The second-order valence-corrected chi connectivity index (χ2v) is 6.28. The van der Waals surface area contributed by atoms with E-state index in [1.54, 1.807) is 49.4 Å². The van der Waals surface area contributed by atoms with Gasteiger partial charge in [-0.1, -0.05) is 24.3 Å². The van der Waals surface area contributed by atoms with Gasteiger partial charge in [-0.2, -0.15) is 0 Å². The Kier molecular flexibility index (Phi) is 6.39. The van der Waals surface area contributed by atoms with E-state index < -0.39 is 30.3 Å². The van der Waals surface area contributed by atoms with E-state index in [-0.39, 0.29) is 11.3 Å². The largest absolute Gasteiger partial charge is 0.459 e. The van der Waals surface area contributed by atoms with Crippen molar-refractivity contribution in [3.63, 3.8) is 0 Å². The summed E-state index contributed by atoms with van der Waals surface area (Å²) in [5.74, 6) is -2.45. The molecule has 0 spiro atoms. The van der Waals surface area contributed by atoms with Crippen LogP contribution < -0.4 is 10.6 Å². The maximum absolute atomic E-state index is 12.3. The molecule has 1 heterocycles. The van der Waals surface area contributed by atoms with E-state index in [9.17, 15) is 19.2 Å². The van der Waals surface area contributed by atoms with Crippen LogP contribution in [0.5, 0.6) is 0 Å². The number of esters is 1. The molecule has 8 nitrogen and oxygen atoms in total. The summed E-state index contributed by atoms with van der Waals surface area (Å²) in [5.41, 5.74) is 1.57. The maximum Gasteiger partial charge on any atom is 0.338 e. The topological polar surface area (TPSA) is 115 Å². The number of ether oxygens (including phenoxy) is 1. The lowest BCUT2D eigenvalue weighted by molar-refractivity contribution is -0.123. The van der Waals surface area contributed by atoms with Crippen LogP contribution in [0.4, 0.5) is 5.69 Å². The van der Waals surface area contributed by atoms with Crippen LogP contribution in [-0.2, 0) is 9.53 Å². The van der Waals surface area contributed by atoms with Gasteiger partial charge in [0.05, 0.1) is 11.8 Å². The number of nitrogens with one attached hydrogen (secondary N) is 2. The number of furan rings is 1. The molecule has 3 amide bonds. The Labute approximate surface area is 171 Å². The van der Waals surface area contributed by atoms with Gasteiger partial charge >= 0.3 is 5.97 Å². The maximum atomic E-state index is 12.3. The molecular formula is C22H18N2O6. The summed E-state index contributed by atoms with van der Waals surface area (Å²) >= 11 is 0. The lowest BCUT2D eigenvalue weighted by Gasteiger charge is -2.10. The summed E-state index contributed by atoms with van der Waals surface area (Å²) in [7, 11) is 0. The fraction of sp³-hybridized carbons (Fsp3) is 0.0909. The van der Waals surface area contributed by atoms with E-state index in [0.717, 1.165) is 5.56 Å². The van der Waals surface area contributed by atoms with Crippen LogP contribution >= 0.6 is 0 Å². The van der Waals surface area contributed by atoms with E-state index in [2.05, 4.69) is 10.6 Å². The third-order valence-electron chi connectivity index (χ3n) is 4.09. The minimum absolute atomic E-state index is 0.127. The minimum Gasteiger partial charge on any atom is -0.459 e. The van der Waals surface area contributed by atoms with Crippen LogP contribution in [0.1, 0.15) is 36.8 Å². The average Bonchev–Trinajstić information content (AvgIpc) is 3.29. The van der Waals surface area contributed by atoms with Gasteiger partial charge in [0, 0.05) is 11.3 Å². The number of carbonyl (C=O) groups excluding carboxylic acids is 4. The Hall–Kier alpha value is -4.20. The predicted octanol–water partition coefficient (Wildman–Crippen LogP) is 2.95. The first kappa shape index (κ1) is 20.5. The van der Waals surface area contributed by atoms with E-state index in [0.29, 0.717) is 11.3 Å². The Morgan fingerprint density at radius 1 is 0.900 bits per heavy atom. The fourth-order valence-electron chi connectivity index (χ4n) is 2.51. The predicted molar refractivity (Wildman–Crippen MR) is 107 cm³/mol. The molecule has 8 heteroatoms. The molecule has 0 unspecified atom stereocenters. The summed E-state index contributed by atoms with van der Waals surface area (Å²) < 4.78 is 10.0. The van der Waals surface area contributed by atoms with Gasteiger partial charge in [0.25, 0.3) is 17.7 Å². The van der Waals surface area contributed by atoms with Gasteiger partial charge in [-0.15, -0.1) is 0 Å². The van der Waals surface area contributed by atoms with Gasteiger partial charge in [0.15, 0.2) is 12.4 Å². The zero-order chi connectivity index (χ0) is 21.5. The molecular weight excluding hydrogens is 388 g/mol. The molecule has 0 aliphatic rings. The monoisotopic (exact) mass is 406 g/mol. The SMILES string of the molecule is Cc1ccc(C(=O)OCC(=O)NC(=O)c2ccccc2)cc1NC(=O)c1ccco1. The van der Waals surface area contributed by atoms with Gasteiger partial charge in [0.2, 0.25) is 0 Å². The number of aryl methyl sites for hydroxylation is 1. The number of benzene rings is 2. The van der Waals surface area contributed by atoms with Gasteiger partial charge in [-0.3, -0.25) is 19.7 Å². The Morgan fingerprint density at radius 2 is 1.67 bits per heavy atom. The van der Waals surface area contributed by atoms with Crippen LogP contribution in [0, 0.1) is 6.92 Å². The van der Waals surface area contributed by atoms with Gasteiger partial charge in [-0.05, 0) is 48.9 Å². The number of imide groups is 1. The normalized spacial score (nSPS) is 10.2. The van der Waals surface area contributed by atoms with Crippen molar-refractivity contribution in [1.29, 1.82) is 0 Å². The van der Waals surface area contributed by atoms with Gasteiger partial charge in [-0.25, -0.2) is 4.79 Å². The van der Waals surface area contributed by atoms with E-state index >= 15 is 0 Å². The second kappa shape index (κ2) is 9.33. The van der Waals surface area contributed by atoms with Crippen molar-refractivity contribution in [3.05, 3.63) is 89.4 Å². The Morgan fingerprint density at radius 3 is 2.37 bits per heavy atom. The first-order valence-corrected chi connectivity index (χ1v) is 8.96.